The van der Waals surface area contributed by atoms with Crippen molar-refractivity contribution >= 4 is 11.9 Å². The summed E-state index contributed by atoms with van der Waals surface area (Å²) in [6.07, 6.45) is 68.8. The first kappa shape index (κ1) is 64.1. The van der Waals surface area contributed by atoms with Gasteiger partial charge in [0.25, 0.3) is 0 Å². The topological polar surface area (TPSA) is 95.9 Å². The van der Waals surface area contributed by atoms with Gasteiger partial charge >= 0.3 is 5.97 Å². The van der Waals surface area contributed by atoms with Crippen LogP contribution in [0.5, 0.6) is 0 Å². The molecule has 0 aromatic heterocycles. The second-order valence-electron chi connectivity index (χ2n) is 20.0. The molecule has 0 bridgehead atoms. The van der Waals surface area contributed by atoms with Gasteiger partial charge in [-0.2, -0.15) is 0 Å². The van der Waals surface area contributed by atoms with Crippen molar-refractivity contribution in [3.8, 4) is 0 Å². The third-order valence-corrected chi connectivity index (χ3v) is 13.4. The zero-order chi connectivity index (χ0) is 47.9. The number of nitrogens with one attached hydrogen (secondary N) is 1. The highest BCUT2D eigenvalue weighted by Crippen LogP contribution is 2.16. The number of allylic oxidation sites excluding steroid dienone is 5. The number of hydrogen-bond donors (Lipinski definition) is 3. The molecule has 0 fully saturated rings. The number of hydrogen-bond acceptors (Lipinski definition) is 5. The largest absolute Gasteiger partial charge is 0.466 e. The zero-order valence-corrected chi connectivity index (χ0v) is 44.2. The van der Waals surface area contributed by atoms with Gasteiger partial charge in [0.05, 0.1) is 25.4 Å². The Morgan fingerprint density at radius 2 is 0.712 bits per heavy atom. The maximum Gasteiger partial charge on any atom is 0.305 e. The quantitative estimate of drug-likeness (QED) is 0.0321. The van der Waals surface area contributed by atoms with Gasteiger partial charge in [0, 0.05) is 12.8 Å². The number of carbonyl (C=O) groups excluding carboxylic acids is 2. The first-order chi connectivity index (χ1) is 32.5. The molecule has 0 spiro atoms. The van der Waals surface area contributed by atoms with E-state index < -0.39 is 12.1 Å². The molecule has 0 radical (unpaired) electrons. The van der Waals surface area contributed by atoms with Crippen LogP contribution in [-0.2, 0) is 14.3 Å². The van der Waals surface area contributed by atoms with E-state index in [1.54, 1.807) is 6.08 Å². The second-order valence-corrected chi connectivity index (χ2v) is 20.0. The molecule has 1 amide bonds. The summed E-state index contributed by atoms with van der Waals surface area (Å²) in [6.45, 7) is 4.89. The molecule has 6 nitrogen and oxygen atoms in total. The molecule has 0 rings (SSSR count). The summed E-state index contributed by atoms with van der Waals surface area (Å²) < 4.78 is 5.47. The van der Waals surface area contributed by atoms with E-state index in [2.05, 4.69) is 43.5 Å². The third-order valence-electron chi connectivity index (χ3n) is 13.4. The molecular weight excluding hydrogens is 815 g/mol. The van der Waals surface area contributed by atoms with Crippen molar-refractivity contribution in [2.75, 3.05) is 13.2 Å². The van der Waals surface area contributed by atoms with E-state index in [0.29, 0.717) is 19.4 Å². The minimum atomic E-state index is -0.850. The fourth-order valence-corrected chi connectivity index (χ4v) is 8.86. The molecule has 2 atom stereocenters. The average Bonchev–Trinajstić information content (AvgIpc) is 3.32. The van der Waals surface area contributed by atoms with Gasteiger partial charge in [0.15, 0.2) is 0 Å². The molecule has 66 heavy (non-hydrogen) atoms. The molecule has 0 aliphatic heterocycles. The van der Waals surface area contributed by atoms with Crippen LogP contribution in [0.3, 0.4) is 0 Å². The molecule has 0 aromatic carbocycles. The minimum absolute atomic E-state index is 0.00441. The van der Waals surface area contributed by atoms with Crippen LogP contribution >= 0.6 is 0 Å². The lowest BCUT2D eigenvalue weighted by Gasteiger charge is -2.20. The summed E-state index contributed by atoms with van der Waals surface area (Å²) in [5.41, 5.74) is 0. The molecule has 2 unspecified atom stereocenters. The van der Waals surface area contributed by atoms with Crippen molar-refractivity contribution in [2.45, 2.75) is 321 Å². The fraction of sp³-hybridized carbons (Fsp3) is 0.867. The number of aliphatic hydroxyl groups excluding tert-OH is 2. The Balaban J connectivity index is 3.46. The summed E-state index contributed by atoms with van der Waals surface area (Å²) in [4.78, 5) is 24.5. The van der Waals surface area contributed by atoms with Gasteiger partial charge in [0.1, 0.15) is 0 Å². The maximum atomic E-state index is 12.4. The molecule has 0 aromatic rings. The number of esters is 1. The van der Waals surface area contributed by atoms with E-state index in [1.165, 1.54) is 231 Å². The van der Waals surface area contributed by atoms with Crippen LogP contribution in [0.25, 0.3) is 0 Å². The number of rotatable bonds is 54. The van der Waals surface area contributed by atoms with E-state index >= 15 is 0 Å². The van der Waals surface area contributed by atoms with Gasteiger partial charge in [-0.1, -0.05) is 249 Å². The molecule has 0 saturated heterocycles. The summed E-state index contributed by atoms with van der Waals surface area (Å²) >= 11 is 0. The Morgan fingerprint density at radius 1 is 0.409 bits per heavy atom. The molecular formula is C60H113NO5. The van der Waals surface area contributed by atoms with Crippen molar-refractivity contribution in [1.82, 2.24) is 5.32 Å². The Bertz CT molecular complexity index is 1070. The van der Waals surface area contributed by atoms with Crippen molar-refractivity contribution < 1.29 is 24.5 Å². The molecule has 0 aliphatic rings. The van der Waals surface area contributed by atoms with E-state index in [-0.39, 0.29) is 18.5 Å². The Hall–Kier alpha value is -1.92. The predicted octanol–water partition coefficient (Wildman–Crippen LogP) is 18.0. The molecule has 0 heterocycles. The van der Waals surface area contributed by atoms with Crippen LogP contribution in [-0.4, -0.2) is 47.4 Å². The summed E-state index contributed by atoms with van der Waals surface area (Å²) in [5.74, 6) is -0.0820. The third kappa shape index (κ3) is 51.5. The van der Waals surface area contributed by atoms with Crippen LogP contribution in [0.2, 0.25) is 0 Å². The van der Waals surface area contributed by atoms with Crippen LogP contribution in [0, 0.1) is 0 Å². The van der Waals surface area contributed by atoms with Gasteiger partial charge in [-0.25, -0.2) is 0 Å². The first-order valence-corrected chi connectivity index (χ1v) is 29.3. The van der Waals surface area contributed by atoms with Gasteiger partial charge in [-0.15, -0.1) is 0 Å². The molecule has 388 valence electrons. The highest BCUT2D eigenvalue weighted by Gasteiger charge is 2.18. The Labute approximate surface area is 411 Å². The summed E-state index contributed by atoms with van der Waals surface area (Å²) in [6, 6.07) is -0.635. The Morgan fingerprint density at radius 3 is 1.08 bits per heavy atom. The molecule has 3 N–H and O–H groups in total. The van der Waals surface area contributed by atoms with E-state index in [0.717, 1.165) is 51.4 Å². The van der Waals surface area contributed by atoms with Crippen LogP contribution < -0.4 is 5.32 Å². The SMILES string of the molecule is CCCCCCCCC/C=C\CCCCCCCC(=O)OCCCCCCCCCC/C=C\CCCCCCCCCC(=O)NC(CO)C(O)/C=C/CCCCCCCCCCCCCC. The summed E-state index contributed by atoms with van der Waals surface area (Å²) in [7, 11) is 0. The van der Waals surface area contributed by atoms with E-state index in [1.807, 2.05) is 6.08 Å². The maximum absolute atomic E-state index is 12.4. The van der Waals surface area contributed by atoms with E-state index in [4.69, 9.17) is 4.74 Å². The van der Waals surface area contributed by atoms with E-state index in [9.17, 15) is 19.8 Å². The fourth-order valence-electron chi connectivity index (χ4n) is 8.86. The monoisotopic (exact) mass is 928 g/mol. The highest BCUT2D eigenvalue weighted by atomic mass is 16.5. The number of amides is 1. The Kier molecular flexibility index (Phi) is 54.1. The standard InChI is InChI=1S/C60H113NO5/c1-3-5-7-9-11-13-15-17-19-26-30-34-38-42-46-50-54-60(65)66-55-51-47-43-39-35-31-27-24-22-20-21-23-25-29-33-37-41-45-49-53-59(64)61-57(56-62)58(63)52-48-44-40-36-32-28-18-16-14-12-10-8-6-4-2/h19-21,26,48,52,57-58,62-63H,3-18,22-25,27-47,49-51,53-56H2,1-2H3,(H,61,64)/b21-20-,26-19-,52-48+. The zero-order valence-electron chi connectivity index (χ0n) is 44.2. The predicted molar refractivity (Wildman–Crippen MR) is 287 cm³/mol. The normalized spacial score (nSPS) is 12.8. The van der Waals surface area contributed by atoms with Crippen LogP contribution in [0.4, 0.5) is 0 Å². The summed E-state index contributed by atoms with van der Waals surface area (Å²) in [5, 5.41) is 23.1. The van der Waals surface area contributed by atoms with Crippen molar-refractivity contribution in [1.29, 1.82) is 0 Å². The highest BCUT2D eigenvalue weighted by molar-refractivity contribution is 5.76. The first-order valence-electron chi connectivity index (χ1n) is 29.3. The van der Waals surface area contributed by atoms with Crippen LogP contribution in [0.1, 0.15) is 309 Å². The second kappa shape index (κ2) is 55.7. The molecule has 0 saturated carbocycles. The average molecular weight is 929 g/mol. The van der Waals surface area contributed by atoms with Crippen molar-refractivity contribution in [3.05, 3.63) is 36.5 Å². The smallest absolute Gasteiger partial charge is 0.305 e. The van der Waals surface area contributed by atoms with Crippen molar-refractivity contribution in [3.63, 3.8) is 0 Å². The van der Waals surface area contributed by atoms with Gasteiger partial charge in [0.2, 0.25) is 5.91 Å². The number of unbranched alkanes of at least 4 members (excludes halogenated alkanes) is 39. The number of carbonyl (C=O) groups is 2. The van der Waals surface area contributed by atoms with Crippen LogP contribution in [0.15, 0.2) is 36.5 Å². The molecule has 0 aliphatic carbocycles. The lowest BCUT2D eigenvalue weighted by atomic mass is 10.0. The van der Waals surface area contributed by atoms with Crippen molar-refractivity contribution in [2.24, 2.45) is 0 Å². The number of ether oxygens (including phenoxy) is 1. The lowest BCUT2D eigenvalue weighted by Crippen LogP contribution is -2.45. The molecule has 6 heteroatoms. The van der Waals surface area contributed by atoms with Gasteiger partial charge in [-0.3, -0.25) is 9.59 Å². The van der Waals surface area contributed by atoms with Gasteiger partial charge < -0.3 is 20.3 Å². The number of aliphatic hydroxyl groups is 2. The van der Waals surface area contributed by atoms with Gasteiger partial charge in [-0.05, 0) is 83.5 Å². The lowest BCUT2D eigenvalue weighted by molar-refractivity contribution is -0.143. The minimum Gasteiger partial charge on any atom is -0.466 e.